The summed E-state index contributed by atoms with van der Waals surface area (Å²) in [4.78, 5) is 4.53. The zero-order valence-corrected chi connectivity index (χ0v) is 13.9. The number of halogens is 1. The summed E-state index contributed by atoms with van der Waals surface area (Å²) in [5.74, 6) is 0.683. The summed E-state index contributed by atoms with van der Waals surface area (Å²) in [6.45, 7) is 2.07. The van der Waals surface area contributed by atoms with Crippen LogP contribution in [0.4, 0.5) is 0 Å². The van der Waals surface area contributed by atoms with Gasteiger partial charge in [0.1, 0.15) is 0 Å². The summed E-state index contributed by atoms with van der Waals surface area (Å²) in [7, 11) is 0. The van der Waals surface area contributed by atoms with Crippen LogP contribution in [-0.4, -0.2) is 25.2 Å². The van der Waals surface area contributed by atoms with Crippen LogP contribution in [0.2, 0.25) is 0 Å². The van der Waals surface area contributed by atoms with Gasteiger partial charge in [-0.05, 0) is 53.2 Å². The maximum atomic E-state index is 4.53. The first-order valence-electron chi connectivity index (χ1n) is 7.13. The molecule has 23 heavy (non-hydrogen) atoms. The molecule has 0 bridgehead atoms. The van der Waals surface area contributed by atoms with Gasteiger partial charge in [0, 0.05) is 21.6 Å². The van der Waals surface area contributed by atoms with Gasteiger partial charge in [0.25, 0.3) is 0 Å². The Morgan fingerprint density at radius 1 is 1.00 bits per heavy atom. The van der Waals surface area contributed by atoms with Crippen LogP contribution in [0.3, 0.4) is 0 Å². The summed E-state index contributed by atoms with van der Waals surface area (Å²) in [6, 6.07) is 15.9. The molecule has 0 atom stereocenters. The molecule has 4 rings (SSSR count). The normalized spacial score (nSPS) is 11.0. The van der Waals surface area contributed by atoms with Crippen molar-refractivity contribution in [3.05, 3.63) is 64.8 Å². The molecule has 0 aliphatic heterocycles. The van der Waals surface area contributed by atoms with Crippen LogP contribution < -0.4 is 0 Å². The standard InChI is InChI=1S/C17H12BrN5/c1-11-14-4-2-3-5-16(14)19-10-15(11)17-20-21-22-23(17)13-8-6-12(18)7-9-13/h2-10H,1H3. The molecule has 0 saturated carbocycles. The lowest BCUT2D eigenvalue weighted by atomic mass is 10.0. The Balaban J connectivity index is 1.91. The molecular weight excluding hydrogens is 354 g/mol. The highest BCUT2D eigenvalue weighted by atomic mass is 79.9. The molecule has 0 amide bonds. The number of hydrogen-bond acceptors (Lipinski definition) is 4. The number of rotatable bonds is 2. The Morgan fingerprint density at radius 3 is 2.61 bits per heavy atom. The van der Waals surface area contributed by atoms with E-state index in [0.29, 0.717) is 5.82 Å². The molecule has 0 aliphatic rings. The predicted octanol–water partition coefficient (Wildman–Crippen LogP) is 3.95. The van der Waals surface area contributed by atoms with Crippen LogP contribution in [0, 0.1) is 6.92 Å². The van der Waals surface area contributed by atoms with Gasteiger partial charge in [-0.15, -0.1) is 5.10 Å². The lowest BCUT2D eigenvalue weighted by molar-refractivity contribution is 0.791. The minimum atomic E-state index is 0.683. The third kappa shape index (κ3) is 2.41. The number of pyridine rings is 1. The van der Waals surface area contributed by atoms with Crippen LogP contribution >= 0.6 is 15.9 Å². The zero-order valence-electron chi connectivity index (χ0n) is 12.3. The van der Waals surface area contributed by atoms with Gasteiger partial charge in [-0.25, -0.2) is 0 Å². The molecule has 0 radical (unpaired) electrons. The molecule has 0 saturated heterocycles. The van der Waals surface area contributed by atoms with E-state index >= 15 is 0 Å². The molecule has 5 nitrogen and oxygen atoms in total. The molecular formula is C17H12BrN5. The number of aryl methyl sites for hydroxylation is 1. The van der Waals surface area contributed by atoms with Gasteiger partial charge in [0.2, 0.25) is 0 Å². The van der Waals surface area contributed by atoms with Gasteiger partial charge < -0.3 is 0 Å². The highest BCUT2D eigenvalue weighted by Gasteiger charge is 2.15. The van der Waals surface area contributed by atoms with E-state index in [2.05, 4.69) is 49.4 Å². The maximum Gasteiger partial charge on any atom is 0.188 e. The Hall–Kier alpha value is -2.60. The molecule has 0 unspecified atom stereocenters. The molecule has 4 aromatic rings. The van der Waals surface area contributed by atoms with Crippen molar-refractivity contribution in [2.24, 2.45) is 0 Å². The van der Waals surface area contributed by atoms with Gasteiger partial charge in [0.05, 0.1) is 11.2 Å². The van der Waals surface area contributed by atoms with Gasteiger partial charge >= 0.3 is 0 Å². The van der Waals surface area contributed by atoms with Crippen LogP contribution in [0.5, 0.6) is 0 Å². The van der Waals surface area contributed by atoms with Crippen LogP contribution in [0.1, 0.15) is 5.56 Å². The minimum Gasteiger partial charge on any atom is -0.255 e. The van der Waals surface area contributed by atoms with Crippen molar-refractivity contribution in [3.8, 4) is 17.1 Å². The van der Waals surface area contributed by atoms with Crippen molar-refractivity contribution in [1.29, 1.82) is 0 Å². The Bertz CT molecular complexity index is 991. The van der Waals surface area contributed by atoms with Crippen LogP contribution in [-0.2, 0) is 0 Å². The lowest BCUT2D eigenvalue weighted by Crippen LogP contribution is -2.01. The highest BCUT2D eigenvalue weighted by molar-refractivity contribution is 9.10. The second-order valence-electron chi connectivity index (χ2n) is 5.20. The third-order valence-corrected chi connectivity index (χ3v) is 4.36. The van der Waals surface area contributed by atoms with E-state index in [1.807, 2.05) is 48.7 Å². The molecule has 0 N–H and O–H groups in total. The molecule has 112 valence electrons. The van der Waals surface area contributed by atoms with Gasteiger partial charge in [0.15, 0.2) is 5.82 Å². The summed E-state index contributed by atoms with van der Waals surface area (Å²) >= 11 is 3.44. The second kappa shape index (κ2) is 5.55. The van der Waals surface area contributed by atoms with E-state index < -0.39 is 0 Å². The first-order chi connectivity index (χ1) is 11.2. The summed E-state index contributed by atoms with van der Waals surface area (Å²) in [5.41, 5.74) is 3.91. The molecule has 6 heteroatoms. The number of fused-ring (bicyclic) bond motifs is 1. The van der Waals surface area contributed by atoms with E-state index in [9.17, 15) is 0 Å². The second-order valence-corrected chi connectivity index (χ2v) is 6.12. The number of tetrazole rings is 1. The quantitative estimate of drug-likeness (QED) is 0.539. The maximum absolute atomic E-state index is 4.53. The molecule has 0 fully saturated rings. The van der Waals surface area contributed by atoms with Crippen molar-refractivity contribution in [2.75, 3.05) is 0 Å². The largest absolute Gasteiger partial charge is 0.255 e. The number of aromatic nitrogens is 5. The smallest absolute Gasteiger partial charge is 0.188 e. The van der Waals surface area contributed by atoms with Crippen LogP contribution in [0.15, 0.2) is 59.2 Å². The van der Waals surface area contributed by atoms with Gasteiger partial charge in [-0.2, -0.15) is 4.68 Å². The fourth-order valence-electron chi connectivity index (χ4n) is 2.62. The van der Waals surface area contributed by atoms with Crippen molar-refractivity contribution in [1.82, 2.24) is 25.2 Å². The SMILES string of the molecule is Cc1c(-c2nnnn2-c2ccc(Br)cc2)cnc2ccccc12. The van der Waals surface area contributed by atoms with Crippen molar-refractivity contribution >= 4 is 26.8 Å². The van der Waals surface area contributed by atoms with Crippen LogP contribution in [0.25, 0.3) is 28.0 Å². The molecule has 0 aliphatic carbocycles. The molecule has 0 spiro atoms. The monoisotopic (exact) mass is 365 g/mol. The molecule has 2 aromatic heterocycles. The highest BCUT2D eigenvalue weighted by Crippen LogP contribution is 2.27. The first-order valence-corrected chi connectivity index (χ1v) is 7.92. The van der Waals surface area contributed by atoms with Gasteiger partial charge in [-0.1, -0.05) is 34.1 Å². The number of hydrogen-bond donors (Lipinski definition) is 0. The average molecular weight is 366 g/mol. The fraction of sp³-hybridized carbons (Fsp3) is 0.0588. The summed E-state index contributed by atoms with van der Waals surface area (Å²) < 4.78 is 2.74. The number of para-hydroxylation sites is 1. The zero-order chi connectivity index (χ0) is 15.8. The van der Waals surface area contributed by atoms with E-state index in [0.717, 1.165) is 32.2 Å². The van der Waals surface area contributed by atoms with Crippen molar-refractivity contribution in [3.63, 3.8) is 0 Å². The van der Waals surface area contributed by atoms with Crippen molar-refractivity contribution < 1.29 is 0 Å². The Morgan fingerprint density at radius 2 is 1.78 bits per heavy atom. The number of benzene rings is 2. The van der Waals surface area contributed by atoms with E-state index in [-0.39, 0.29) is 0 Å². The molecule has 2 aromatic carbocycles. The topological polar surface area (TPSA) is 56.5 Å². The van der Waals surface area contributed by atoms with E-state index in [1.165, 1.54) is 0 Å². The first kappa shape index (κ1) is 14.0. The Kier molecular flexibility index (Phi) is 3.38. The summed E-state index contributed by atoms with van der Waals surface area (Å²) in [5, 5.41) is 13.3. The number of nitrogens with zero attached hydrogens (tertiary/aromatic N) is 5. The third-order valence-electron chi connectivity index (χ3n) is 3.83. The van der Waals surface area contributed by atoms with E-state index in [1.54, 1.807) is 4.68 Å². The Labute approximate surface area is 141 Å². The predicted molar refractivity (Wildman–Crippen MR) is 92.3 cm³/mol. The van der Waals surface area contributed by atoms with Gasteiger partial charge in [-0.3, -0.25) is 4.98 Å². The summed E-state index contributed by atoms with van der Waals surface area (Å²) in [6.07, 6.45) is 1.83. The van der Waals surface area contributed by atoms with Crippen molar-refractivity contribution in [2.45, 2.75) is 6.92 Å². The molecule has 2 heterocycles. The lowest BCUT2D eigenvalue weighted by Gasteiger charge is -2.09. The van der Waals surface area contributed by atoms with E-state index in [4.69, 9.17) is 0 Å². The fourth-order valence-corrected chi connectivity index (χ4v) is 2.88. The average Bonchev–Trinajstić information content (AvgIpc) is 3.05. The minimum absolute atomic E-state index is 0.683.